The number of halogens is 1. The quantitative estimate of drug-likeness (QED) is 0.738. The van der Waals surface area contributed by atoms with Crippen LogP contribution in [-0.4, -0.2) is 21.3 Å². The summed E-state index contributed by atoms with van der Waals surface area (Å²) in [5.74, 6) is -0.966. The zero-order valence-corrected chi connectivity index (χ0v) is 12.6. The second-order valence-corrected chi connectivity index (χ2v) is 5.02. The van der Waals surface area contributed by atoms with Crippen molar-refractivity contribution in [2.45, 2.75) is 13.0 Å². The number of nitrogens with zero attached hydrogens (tertiary/aromatic N) is 2. The fourth-order valence-electron chi connectivity index (χ4n) is 2.03. The molecule has 0 aliphatic heterocycles. The van der Waals surface area contributed by atoms with Crippen LogP contribution in [0.3, 0.4) is 0 Å². The van der Waals surface area contributed by atoms with Crippen LogP contribution in [0.5, 0.6) is 5.75 Å². The lowest BCUT2D eigenvalue weighted by Gasteiger charge is -2.10. The van der Waals surface area contributed by atoms with Gasteiger partial charge in [-0.3, -0.25) is 0 Å². The van der Waals surface area contributed by atoms with Crippen LogP contribution in [0.25, 0.3) is 11.5 Å². The van der Waals surface area contributed by atoms with Crippen LogP contribution in [0.15, 0.2) is 52.9 Å². The van der Waals surface area contributed by atoms with E-state index in [1.54, 1.807) is 19.1 Å². The first-order valence-electron chi connectivity index (χ1n) is 7.13. The zero-order valence-electron chi connectivity index (χ0n) is 12.6. The molecule has 7 heteroatoms. The van der Waals surface area contributed by atoms with Gasteiger partial charge in [0.15, 0.2) is 6.10 Å². The van der Waals surface area contributed by atoms with E-state index in [1.807, 2.05) is 0 Å². The Bertz CT molecular complexity index is 861. The minimum absolute atomic E-state index is 0.0441. The Morgan fingerprint density at radius 1 is 1.17 bits per heavy atom. The molecule has 0 bridgehead atoms. The van der Waals surface area contributed by atoms with Gasteiger partial charge < -0.3 is 14.3 Å². The number of ether oxygens (including phenoxy) is 1. The van der Waals surface area contributed by atoms with E-state index in [9.17, 15) is 14.3 Å². The minimum atomic E-state index is -0.807. The molecule has 24 heavy (non-hydrogen) atoms. The number of phenols is 1. The fraction of sp³-hybridized carbons (Fsp3) is 0.118. The standard InChI is InChI=1S/C17H13FN2O4/c1-10(23-17(22)13-4-2-3-5-14(13)21)15-19-20-16(24-15)11-6-8-12(18)9-7-11/h2-10,21H,1H3/t10-/m0/s1. The van der Waals surface area contributed by atoms with E-state index in [0.29, 0.717) is 5.56 Å². The Morgan fingerprint density at radius 3 is 2.58 bits per heavy atom. The number of esters is 1. The summed E-state index contributed by atoms with van der Waals surface area (Å²) in [5, 5.41) is 17.3. The number of para-hydroxylation sites is 1. The van der Waals surface area contributed by atoms with Crippen molar-refractivity contribution in [3.05, 3.63) is 65.8 Å². The number of aromatic hydroxyl groups is 1. The molecule has 122 valence electrons. The van der Waals surface area contributed by atoms with Gasteiger partial charge in [-0.25, -0.2) is 9.18 Å². The van der Waals surface area contributed by atoms with E-state index in [1.165, 1.54) is 36.4 Å². The molecule has 2 aromatic carbocycles. The Balaban J connectivity index is 1.74. The van der Waals surface area contributed by atoms with Crippen LogP contribution in [0.1, 0.15) is 29.3 Å². The molecule has 0 aliphatic rings. The lowest BCUT2D eigenvalue weighted by atomic mass is 10.2. The monoisotopic (exact) mass is 328 g/mol. The van der Waals surface area contributed by atoms with Crippen LogP contribution in [0, 0.1) is 5.82 Å². The third-order valence-corrected chi connectivity index (χ3v) is 3.29. The van der Waals surface area contributed by atoms with E-state index >= 15 is 0 Å². The molecule has 0 radical (unpaired) electrons. The van der Waals surface area contributed by atoms with Crippen molar-refractivity contribution >= 4 is 5.97 Å². The molecule has 0 spiro atoms. The normalized spacial score (nSPS) is 11.9. The Labute approximate surface area is 136 Å². The van der Waals surface area contributed by atoms with Crippen LogP contribution in [-0.2, 0) is 4.74 Å². The number of carbonyl (C=O) groups excluding carboxylic acids is 1. The molecule has 0 amide bonds. The van der Waals surface area contributed by atoms with Gasteiger partial charge in [-0.05, 0) is 43.3 Å². The van der Waals surface area contributed by atoms with E-state index in [4.69, 9.17) is 9.15 Å². The molecule has 1 atom stereocenters. The topological polar surface area (TPSA) is 85.5 Å². The van der Waals surface area contributed by atoms with Crippen molar-refractivity contribution in [1.82, 2.24) is 10.2 Å². The fourth-order valence-corrected chi connectivity index (χ4v) is 2.03. The Kier molecular flexibility index (Phi) is 4.24. The van der Waals surface area contributed by atoms with Gasteiger partial charge in [0.25, 0.3) is 5.89 Å². The first-order chi connectivity index (χ1) is 11.5. The van der Waals surface area contributed by atoms with Gasteiger partial charge in [0.1, 0.15) is 17.1 Å². The van der Waals surface area contributed by atoms with E-state index in [2.05, 4.69) is 10.2 Å². The molecule has 3 aromatic rings. The molecular formula is C17H13FN2O4. The molecule has 0 unspecified atom stereocenters. The summed E-state index contributed by atoms with van der Waals surface area (Å²) in [6.07, 6.45) is -0.807. The van der Waals surface area contributed by atoms with Gasteiger partial charge >= 0.3 is 5.97 Å². The summed E-state index contributed by atoms with van der Waals surface area (Å²) < 4.78 is 23.6. The van der Waals surface area contributed by atoms with Gasteiger partial charge in [-0.2, -0.15) is 0 Å². The smallest absolute Gasteiger partial charge is 0.342 e. The molecule has 1 N–H and O–H groups in total. The van der Waals surface area contributed by atoms with Crippen molar-refractivity contribution in [2.24, 2.45) is 0 Å². The Hall–Kier alpha value is -3.22. The molecule has 0 fully saturated rings. The molecule has 1 aromatic heterocycles. The average molecular weight is 328 g/mol. The maximum absolute atomic E-state index is 12.9. The maximum atomic E-state index is 12.9. The number of benzene rings is 2. The third kappa shape index (κ3) is 3.24. The van der Waals surface area contributed by atoms with E-state index in [0.717, 1.165) is 0 Å². The van der Waals surface area contributed by atoms with Gasteiger partial charge in [0.2, 0.25) is 5.89 Å². The molecule has 0 aliphatic carbocycles. The van der Waals surface area contributed by atoms with E-state index < -0.39 is 12.1 Å². The number of aromatic nitrogens is 2. The highest BCUT2D eigenvalue weighted by Gasteiger charge is 2.21. The lowest BCUT2D eigenvalue weighted by molar-refractivity contribution is 0.0277. The summed E-state index contributed by atoms with van der Waals surface area (Å²) in [4.78, 5) is 12.0. The number of hydrogen-bond donors (Lipinski definition) is 1. The molecule has 0 saturated carbocycles. The van der Waals surface area contributed by atoms with Crippen molar-refractivity contribution in [1.29, 1.82) is 0 Å². The van der Waals surface area contributed by atoms with Crippen LogP contribution in [0.2, 0.25) is 0 Å². The number of phenolic OH excluding ortho intramolecular Hbond substituents is 1. The lowest BCUT2D eigenvalue weighted by Crippen LogP contribution is -2.09. The first-order valence-corrected chi connectivity index (χ1v) is 7.13. The van der Waals surface area contributed by atoms with E-state index in [-0.39, 0.29) is 28.9 Å². The number of hydrogen-bond acceptors (Lipinski definition) is 6. The molecule has 3 rings (SSSR count). The summed E-state index contributed by atoms with van der Waals surface area (Å²) in [7, 11) is 0. The maximum Gasteiger partial charge on any atom is 0.342 e. The summed E-state index contributed by atoms with van der Waals surface area (Å²) in [5.41, 5.74) is 0.594. The second kappa shape index (κ2) is 6.49. The van der Waals surface area contributed by atoms with Crippen molar-refractivity contribution in [3.8, 4) is 17.2 Å². The Morgan fingerprint density at radius 2 is 1.88 bits per heavy atom. The highest BCUT2D eigenvalue weighted by molar-refractivity contribution is 5.92. The highest BCUT2D eigenvalue weighted by atomic mass is 19.1. The van der Waals surface area contributed by atoms with Crippen LogP contribution >= 0.6 is 0 Å². The minimum Gasteiger partial charge on any atom is -0.507 e. The molecule has 0 saturated heterocycles. The molecule has 1 heterocycles. The van der Waals surface area contributed by atoms with Gasteiger partial charge in [-0.15, -0.1) is 10.2 Å². The van der Waals surface area contributed by atoms with Gasteiger partial charge in [-0.1, -0.05) is 12.1 Å². The van der Waals surface area contributed by atoms with Crippen molar-refractivity contribution < 1.29 is 23.4 Å². The van der Waals surface area contributed by atoms with Crippen LogP contribution in [0.4, 0.5) is 4.39 Å². The number of rotatable bonds is 4. The average Bonchev–Trinajstić information content (AvgIpc) is 3.06. The molecular weight excluding hydrogens is 315 g/mol. The third-order valence-electron chi connectivity index (χ3n) is 3.29. The highest BCUT2D eigenvalue weighted by Crippen LogP contribution is 2.24. The second-order valence-electron chi connectivity index (χ2n) is 5.02. The van der Waals surface area contributed by atoms with Crippen molar-refractivity contribution in [2.75, 3.05) is 0 Å². The van der Waals surface area contributed by atoms with Gasteiger partial charge in [0.05, 0.1) is 0 Å². The zero-order chi connectivity index (χ0) is 17.1. The summed E-state index contributed by atoms with van der Waals surface area (Å²) in [6, 6.07) is 11.6. The SMILES string of the molecule is C[C@H](OC(=O)c1ccccc1O)c1nnc(-c2ccc(F)cc2)o1. The number of carbonyl (C=O) groups is 1. The summed E-state index contributed by atoms with van der Waals surface area (Å²) >= 11 is 0. The first kappa shape index (κ1) is 15.7. The van der Waals surface area contributed by atoms with Crippen molar-refractivity contribution in [3.63, 3.8) is 0 Å². The largest absolute Gasteiger partial charge is 0.507 e. The predicted octanol–water partition coefficient (Wildman–Crippen LogP) is 3.50. The summed E-state index contributed by atoms with van der Waals surface area (Å²) in [6.45, 7) is 1.57. The molecule has 6 nitrogen and oxygen atoms in total. The predicted molar refractivity (Wildman–Crippen MR) is 81.6 cm³/mol. The van der Waals surface area contributed by atoms with Gasteiger partial charge in [0, 0.05) is 5.56 Å². The van der Waals surface area contributed by atoms with Crippen LogP contribution < -0.4 is 0 Å².